The van der Waals surface area contributed by atoms with E-state index in [4.69, 9.17) is 0 Å². The van der Waals surface area contributed by atoms with Crippen molar-refractivity contribution in [3.05, 3.63) is 57.8 Å². The van der Waals surface area contributed by atoms with Gasteiger partial charge in [-0.25, -0.2) is 0 Å². The molecule has 0 nitrogen and oxygen atoms in total. The summed E-state index contributed by atoms with van der Waals surface area (Å²) in [6, 6.07) is 4.42. The van der Waals surface area contributed by atoms with Crippen molar-refractivity contribution < 1.29 is 0 Å². The van der Waals surface area contributed by atoms with Crippen LogP contribution in [0.1, 0.15) is 16.2 Å². The summed E-state index contributed by atoms with van der Waals surface area (Å²) in [5, 5.41) is 0. The number of aryl methyl sites for hydroxylation is 1. The van der Waals surface area contributed by atoms with Crippen LogP contribution in [0.25, 0.3) is 0 Å². The molecule has 0 unspecified atom stereocenters. The fraction of sp³-hybridized carbons (Fsp3) is 0.231. The summed E-state index contributed by atoms with van der Waals surface area (Å²) in [7, 11) is 0. The van der Waals surface area contributed by atoms with Crippen LogP contribution in [0.15, 0.2) is 48.1 Å². The first-order valence-corrected chi connectivity index (χ1v) is 5.74. The highest BCUT2D eigenvalue weighted by Crippen LogP contribution is 2.20. The van der Waals surface area contributed by atoms with Crippen LogP contribution in [0, 0.1) is 6.92 Å². The maximum Gasteiger partial charge on any atom is 0.00917 e. The van der Waals surface area contributed by atoms with E-state index in [1.165, 1.54) is 15.3 Å². The third-order valence-electron chi connectivity index (χ3n) is 2.25. The molecule has 0 aromatic carbocycles. The molecule has 72 valence electrons. The molecule has 14 heavy (non-hydrogen) atoms. The van der Waals surface area contributed by atoms with Gasteiger partial charge in [0.15, 0.2) is 0 Å². The van der Waals surface area contributed by atoms with E-state index in [-0.39, 0.29) is 0 Å². The molecule has 0 aliphatic heterocycles. The van der Waals surface area contributed by atoms with E-state index in [0.717, 1.165) is 12.8 Å². The number of thiophene rings is 1. The van der Waals surface area contributed by atoms with Gasteiger partial charge in [0.1, 0.15) is 0 Å². The quantitative estimate of drug-likeness (QED) is 0.679. The Morgan fingerprint density at radius 1 is 1.29 bits per heavy atom. The van der Waals surface area contributed by atoms with E-state index in [9.17, 15) is 0 Å². The second-order valence-electron chi connectivity index (χ2n) is 3.49. The van der Waals surface area contributed by atoms with Gasteiger partial charge in [0.2, 0.25) is 0 Å². The second kappa shape index (κ2) is 4.43. The molecule has 0 fully saturated rings. The molecule has 1 aromatic rings. The molecule has 0 radical (unpaired) electrons. The summed E-state index contributed by atoms with van der Waals surface area (Å²) in [4.78, 5) is 2.86. The molecule has 0 bridgehead atoms. The largest absolute Gasteiger partial charge is 0.145 e. The lowest BCUT2D eigenvalue weighted by Gasteiger charge is -1.97. The summed E-state index contributed by atoms with van der Waals surface area (Å²) in [5.74, 6) is 0. The van der Waals surface area contributed by atoms with Crippen molar-refractivity contribution in [2.24, 2.45) is 0 Å². The first-order valence-electron chi connectivity index (χ1n) is 4.92. The van der Waals surface area contributed by atoms with Crippen LogP contribution < -0.4 is 0 Å². The monoisotopic (exact) mass is 202 g/mol. The third-order valence-corrected chi connectivity index (χ3v) is 3.25. The predicted octanol–water partition coefficient (Wildman–Crippen LogP) is 4.04. The molecule has 1 aliphatic carbocycles. The van der Waals surface area contributed by atoms with E-state index in [2.05, 4.69) is 49.4 Å². The van der Waals surface area contributed by atoms with Gasteiger partial charge >= 0.3 is 0 Å². The maximum atomic E-state index is 2.30. The van der Waals surface area contributed by atoms with Gasteiger partial charge in [-0.3, -0.25) is 0 Å². The molecule has 1 heteroatoms. The minimum Gasteiger partial charge on any atom is -0.145 e. The topological polar surface area (TPSA) is 0 Å². The van der Waals surface area contributed by atoms with E-state index < -0.39 is 0 Å². The third kappa shape index (κ3) is 2.46. The van der Waals surface area contributed by atoms with E-state index in [1.807, 2.05) is 11.3 Å². The Morgan fingerprint density at radius 3 is 3.00 bits per heavy atom. The van der Waals surface area contributed by atoms with Crippen molar-refractivity contribution in [2.45, 2.75) is 19.8 Å². The van der Waals surface area contributed by atoms with Crippen molar-refractivity contribution in [2.75, 3.05) is 0 Å². The number of rotatable bonds is 2. The molecule has 0 atom stereocenters. The molecule has 0 spiro atoms. The van der Waals surface area contributed by atoms with Crippen LogP contribution in [0.5, 0.6) is 0 Å². The lowest BCUT2D eigenvalue weighted by Crippen LogP contribution is -1.82. The van der Waals surface area contributed by atoms with Gasteiger partial charge < -0.3 is 0 Å². The van der Waals surface area contributed by atoms with Crippen LogP contribution in [0.2, 0.25) is 0 Å². The molecule has 1 heterocycles. The second-order valence-corrected chi connectivity index (χ2v) is 4.86. The Hall–Kier alpha value is -1.08. The smallest absolute Gasteiger partial charge is 0.00917 e. The van der Waals surface area contributed by atoms with Crippen LogP contribution in [0.3, 0.4) is 0 Å². The van der Waals surface area contributed by atoms with Crippen molar-refractivity contribution >= 4 is 11.3 Å². The lowest BCUT2D eigenvalue weighted by molar-refractivity contribution is 1.21. The lowest BCUT2D eigenvalue weighted by atomic mass is 10.1. The van der Waals surface area contributed by atoms with Gasteiger partial charge in [0.05, 0.1) is 0 Å². The summed E-state index contributed by atoms with van der Waals surface area (Å²) in [6.07, 6.45) is 13.1. The minimum atomic E-state index is 1.06. The predicted molar refractivity (Wildman–Crippen MR) is 63.7 cm³/mol. The SMILES string of the molecule is Cc1ccc(CC2=CCC=CC=C2)s1. The zero-order valence-electron chi connectivity index (χ0n) is 8.36. The van der Waals surface area contributed by atoms with Gasteiger partial charge in [0.25, 0.3) is 0 Å². The Balaban J connectivity index is 2.07. The summed E-state index contributed by atoms with van der Waals surface area (Å²) in [6.45, 7) is 2.16. The van der Waals surface area contributed by atoms with Gasteiger partial charge in [-0.2, -0.15) is 0 Å². The summed E-state index contributed by atoms with van der Waals surface area (Å²) >= 11 is 1.89. The zero-order chi connectivity index (χ0) is 9.80. The molecule has 0 saturated carbocycles. The zero-order valence-corrected chi connectivity index (χ0v) is 9.18. The van der Waals surface area contributed by atoms with Crippen molar-refractivity contribution in [3.63, 3.8) is 0 Å². The Kier molecular flexibility index (Phi) is 3.00. The Morgan fingerprint density at radius 2 is 2.21 bits per heavy atom. The molecule has 0 amide bonds. The molecule has 0 saturated heterocycles. The first-order chi connectivity index (χ1) is 6.84. The standard InChI is InChI=1S/C13H14S/c1-11-8-9-13(14-11)10-12-6-4-2-3-5-7-12/h2-4,6-9H,5,10H2,1H3. The maximum absolute atomic E-state index is 2.30. The normalized spacial score (nSPS) is 15.4. The molecular formula is C13H14S. The van der Waals surface area contributed by atoms with Gasteiger partial charge in [0, 0.05) is 16.2 Å². The average molecular weight is 202 g/mol. The van der Waals surface area contributed by atoms with Gasteiger partial charge in [-0.05, 0) is 31.1 Å². The number of allylic oxidation sites excluding steroid dienone is 6. The first kappa shape index (κ1) is 9.47. The highest BCUT2D eigenvalue weighted by Gasteiger charge is 1.99. The Bertz CT molecular complexity index is 391. The molecular weight excluding hydrogens is 188 g/mol. The summed E-state index contributed by atoms with van der Waals surface area (Å²) in [5.41, 5.74) is 1.43. The highest BCUT2D eigenvalue weighted by atomic mass is 32.1. The highest BCUT2D eigenvalue weighted by molar-refractivity contribution is 7.11. The fourth-order valence-corrected chi connectivity index (χ4v) is 2.46. The molecule has 1 aromatic heterocycles. The van der Waals surface area contributed by atoms with Crippen LogP contribution >= 0.6 is 11.3 Å². The van der Waals surface area contributed by atoms with Gasteiger partial charge in [-0.1, -0.05) is 30.4 Å². The van der Waals surface area contributed by atoms with E-state index in [1.54, 1.807) is 0 Å². The number of hydrogen-bond acceptors (Lipinski definition) is 1. The van der Waals surface area contributed by atoms with E-state index in [0.29, 0.717) is 0 Å². The summed E-state index contributed by atoms with van der Waals surface area (Å²) < 4.78 is 0. The van der Waals surface area contributed by atoms with Crippen LogP contribution in [-0.2, 0) is 6.42 Å². The van der Waals surface area contributed by atoms with Gasteiger partial charge in [-0.15, -0.1) is 11.3 Å². The van der Waals surface area contributed by atoms with Crippen molar-refractivity contribution in [1.29, 1.82) is 0 Å². The van der Waals surface area contributed by atoms with Crippen molar-refractivity contribution in [3.8, 4) is 0 Å². The minimum absolute atomic E-state index is 1.06. The average Bonchev–Trinajstić information content (AvgIpc) is 2.43. The van der Waals surface area contributed by atoms with Crippen molar-refractivity contribution in [1.82, 2.24) is 0 Å². The number of hydrogen-bond donors (Lipinski definition) is 0. The molecule has 0 N–H and O–H groups in total. The fourth-order valence-electron chi connectivity index (χ4n) is 1.54. The molecule has 2 rings (SSSR count). The van der Waals surface area contributed by atoms with Crippen LogP contribution in [0.4, 0.5) is 0 Å². The van der Waals surface area contributed by atoms with Crippen LogP contribution in [-0.4, -0.2) is 0 Å². The van der Waals surface area contributed by atoms with E-state index >= 15 is 0 Å². The molecule has 1 aliphatic rings. The Labute approximate surface area is 89.3 Å².